The zero-order valence-electron chi connectivity index (χ0n) is 13.5. The highest BCUT2D eigenvalue weighted by Crippen LogP contribution is 2.27. The minimum absolute atomic E-state index is 0.0757. The van der Waals surface area contributed by atoms with E-state index in [1.807, 2.05) is 31.2 Å². The number of nitrogens with one attached hydrogen (secondary N) is 2. The van der Waals surface area contributed by atoms with Gasteiger partial charge in [0.2, 0.25) is 0 Å². The summed E-state index contributed by atoms with van der Waals surface area (Å²) in [5.41, 5.74) is 1.72. The largest absolute Gasteiger partial charge is 0.391 e. The number of aliphatic hydroxyl groups is 1. The van der Waals surface area contributed by atoms with Gasteiger partial charge in [-0.05, 0) is 19.1 Å². The molecule has 1 aliphatic rings. The molecule has 1 aromatic heterocycles. The van der Waals surface area contributed by atoms with Crippen molar-refractivity contribution in [3.8, 4) is 0 Å². The van der Waals surface area contributed by atoms with Gasteiger partial charge in [0.1, 0.15) is 0 Å². The Morgan fingerprint density at radius 1 is 1.46 bits per heavy atom. The van der Waals surface area contributed by atoms with Crippen LogP contribution in [0.1, 0.15) is 21.1 Å². The van der Waals surface area contributed by atoms with Crippen molar-refractivity contribution < 1.29 is 9.90 Å². The van der Waals surface area contributed by atoms with Crippen LogP contribution in [0.4, 0.5) is 0 Å². The highest BCUT2D eigenvalue weighted by Gasteiger charge is 2.25. The van der Waals surface area contributed by atoms with Crippen molar-refractivity contribution in [2.45, 2.75) is 23.7 Å². The molecule has 1 fully saturated rings. The smallest absolute Gasteiger partial charge is 0.252 e. The molecule has 0 bridgehead atoms. The lowest BCUT2D eigenvalue weighted by Crippen LogP contribution is -2.34. The van der Waals surface area contributed by atoms with E-state index >= 15 is 0 Å². The summed E-state index contributed by atoms with van der Waals surface area (Å²) in [6.07, 6.45) is -0.386. The second-order valence-electron chi connectivity index (χ2n) is 5.84. The summed E-state index contributed by atoms with van der Waals surface area (Å²) < 4.78 is 0. The van der Waals surface area contributed by atoms with E-state index in [0.717, 1.165) is 27.9 Å². The summed E-state index contributed by atoms with van der Waals surface area (Å²) in [5.74, 6) is 0.735. The number of carbonyl (C=O) groups is 1. The van der Waals surface area contributed by atoms with E-state index in [1.165, 1.54) is 0 Å². The minimum Gasteiger partial charge on any atom is -0.391 e. The molecule has 1 saturated heterocycles. The number of thioether (sulfide) groups is 1. The molecule has 0 saturated carbocycles. The monoisotopic (exact) mass is 363 g/mol. The summed E-state index contributed by atoms with van der Waals surface area (Å²) in [6.45, 7) is 3.81. The van der Waals surface area contributed by atoms with Crippen LogP contribution in [0.3, 0.4) is 0 Å². The molecule has 7 heteroatoms. The first kappa shape index (κ1) is 17.4. The molecule has 128 valence electrons. The van der Waals surface area contributed by atoms with Gasteiger partial charge in [0.25, 0.3) is 5.91 Å². The van der Waals surface area contributed by atoms with Gasteiger partial charge in [-0.25, -0.2) is 4.98 Å². The van der Waals surface area contributed by atoms with Crippen LogP contribution in [-0.2, 0) is 5.75 Å². The van der Waals surface area contributed by atoms with E-state index in [9.17, 15) is 9.90 Å². The molecule has 0 aliphatic carbocycles. The summed E-state index contributed by atoms with van der Waals surface area (Å²) in [7, 11) is 0. The molecule has 0 radical (unpaired) electrons. The Labute approximate surface area is 149 Å². The van der Waals surface area contributed by atoms with E-state index in [2.05, 4.69) is 21.0 Å². The van der Waals surface area contributed by atoms with Gasteiger partial charge < -0.3 is 15.7 Å². The number of rotatable bonds is 6. The number of aryl methyl sites for hydroxylation is 1. The number of thiazole rings is 1. The van der Waals surface area contributed by atoms with Gasteiger partial charge in [0.15, 0.2) is 0 Å². The first-order chi connectivity index (χ1) is 11.6. The van der Waals surface area contributed by atoms with Crippen molar-refractivity contribution in [2.24, 2.45) is 5.92 Å². The fourth-order valence-corrected chi connectivity index (χ4v) is 4.31. The maximum Gasteiger partial charge on any atom is 0.252 e. The molecule has 3 rings (SSSR count). The Kier molecular flexibility index (Phi) is 5.89. The van der Waals surface area contributed by atoms with Crippen LogP contribution in [0, 0.1) is 12.8 Å². The van der Waals surface area contributed by atoms with Crippen molar-refractivity contribution in [1.29, 1.82) is 0 Å². The fraction of sp³-hybridized carbons (Fsp3) is 0.412. The number of benzene rings is 1. The van der Waals surface area contributed by atoms with Crippen LogP contribution in [-0.4, -0.2) is 41.7 Å². The molecule has 2 unspecified atom stereocenters. The maximum absolute atomic E-state index is 12.5. The van der Waals surface area contributed by atoms with Crippen LogP contribution in [0.5, 0.6) is 0 Å². The van der Waals surface area contributed by atoms with E-state index in [4.69, 9.17) is 0 Å². The van der Waals surface area contributed by atoms with E-state index < -0.39 is 0 Å². The average molecular weight is 364 g/mol. The molecule has 5 nitrogen and oxygen atoms in total. The molecule has 2 heterocycles. The van der Waals surface area contributed by atoms with Crippen molar-refractivity contribution in [1.82, 2.24) is 15.6 Å². The van der Waals surface area contributed by atoms with Gasteiger partial charge in [-0.3, -0.25) is 4.79 Å². The zero-order valence-corrected chi connectivity index (χ0v) is 15.1. The number of hydrogen-bond acceptors (Lipinski definition) is 6. The molecule has 1 amide bonds. The van der Waals surface area contributed by atoms with Gasteiger partial charge in [-0.2, -0.15) is 0 Å². The Balaban J connectivity index is 1.61. The van der Waals surface area contributed by atoms with E-state index in [1.54, 1.807) is 23.1 Å². The summed E-state index contributed by atoms with van der Waals surface area (Å²) >= 11 is 3.26. The van der Waals surface area contributed by atoms with Crippen LogP contribution in [0.15, 0.2) is 34.5 Å². The molecule has 0 spiro atoms. The third-order valence-corrected chi connectivity index (χ3v) is 5.93. The van der Waals surface area contributed by atoms with E-state index in [0.29, 0.717) is 18.7 Å². The predicted octanol–water partition coefficient (Wildman–Crippen LogP) is 2.05. The summed E-state index contributed by atoms with van der Waals surface area (Å²) in [5, 5.41) is 19.0. The lowest BCUT2D eigenvalue weighted by atomic mass is 10.1. The zero-order chi connectivity index (χ0) is 16.9. The standard InChI is InChI=1S/C17H21N3O2S2/c1-11-20-13(9-23-11)10-24-16-5-3-2-4-14(16)17(22)19-7-12-6-18-8-15(12)21/h2-5,9,12,15,18,21H,6-8,10H2,1H3,(H,19,22). The lowest BCUT2D eigenvalue weighted by molar-refractivity contribution is 0.0924. The highest BCUT2D eigenvalue weighted by atomic mass is 32.2. The average Bonchev–Trinajstić information content (AvgIpc) is 3.19. The Bertz CT molecular complexity index is 705. The molecule has 1 aliphatic heterocycles. The second-order valence-corrected chi connectivity index (χ2v) is 7.92. The molecule has 24 heavy (non-hydrogen) atoms. The number of nitrogens with zero attached hydrogens (tertiary/aromatic N) is 1. The van der Waals surface area contributed by atoms with Crippen molar-refractivity contribution >= 4 is 29.0 Å². The molecular weight excluding hydrogens is 342 g/mol. The van der Waals surface area contributed by atoms with Gasteiger partial charge in [0, 0.05) is 41.6 Å². The van der Waals surface area contributed by atoms with Gasteiger partial charge in [-0.1, -0.05) is 12.1 Å². The molecular formula is C17H21N3O2S2. The first-order valence-electron chi connectivity index (χ1n) is 7.93. The number of aromatic nitrogens is 1. The van der Waals surface area contributed by atoms with Crippen LogP contribution < -0.4 is 10.6 Å². The number of β-amino-alcohol motifs (C(OH)–C–C–N with tert-alkyl or cyclic N) is 1. The van der Waals surface area contributed by atoms with E-state index in [-0.39, 0.29) is 17.9 Å². The molecule has 2 aromatic rings. The minimum atomic E-state index is -0.386. The van der Waals surface area contributed by atoms with Gasteiger partial charge >= 0.3 is 0 Å². The fourth-order valence-electron chi connectivity index (χ4n) is 2.65. The molecule has 3 N–H and O–H groups in total. The Hall–Kier alpha value is -1.41. The second kappa shape index (κ2) is 8.11. The Morgan fingerprint density at radius 2 is 2.29 bits per heavy atom. The number of aliphatic hydroxyl groups excluding tert-OH is 1. The lowest BCUT2D eigenvalue weighted by Gasteiger charge is -2.15. The van der Waals surface area contributed by atoms with Crippen LogP contribution in [0.2, 0.25) is 0 Å². The van der Waals surface area contributed by atoms with Crippen LogP contribution >= 0.6 is 23.1 Å². The normalized spacial score (nSPS) is 20.2. The highest BCUT2D eigenvalue weighted by molar-refractivity contribution is 7.98. The third-order valence-electron chi connectivity index (χ3n) is 4.00. The van der Waals surface area contributed by atoms with Crippen molar-refractivity contribution in [3.63, 3.8) is 0 Å². The summed E-state index contributed by atoms with van der Waals surface area (Å²) in [4.78, 5) is 17.9. The number of hydrogen-bond donors (Lipinski definition) is 3. The Morgan fingerprint density at radius 3 is 3.00 bits per heavy atom. The topological polar surface area (TPSA) is 74.2 Å². The molecule has 1 aromatic carbocycles. The number of carbonyl (C=O) groups excluding carboxylic acids is 1. The van der Waals surface area contributed by atoms with Gasteiger partial charge in [0.05, 0.1) is 22.4 Å². The molecule has 2 atom stereocenters. The van der Waals surface area contributed by atoms with Gasteiger partial charge in [-0.15, -0.1) is 23.1 Å². The summed E-state index contributed by atoms with van der Waals surface area (Å²) in [6, 6.07) is 7.62. The maximum atomic E-state index is 12.5. The predicted molar refractivity (Wildman–Crippen MR) is 97.6 cm³/mol. The van der Waals surface area contributed by atoms with Crippen molar-refractivity contribution in [2.75, 3.05) is 19.6 Å². The van der Waals surface area contributed by atoms with Crippen LogP contribution in [0.25, 0.3) is 0 Å². The quantitative estimate of drug-likeness (QED) is 0.685. The first-order valence-corrected chi connectivity index (χ1v) is 9.80. The third kappa shape index (κ3) is 4.36. The SMILES string of the molecule is Cc1nc(CSc2ccccc2C(=O)NCC2CNCC2O)cs1. The number of amides is 1. The van der Waals surface area contributed by atoms with Crippen molar-refractivity contribution in [3.05, 3.63) is 45.9 Å².